The maximum absolute atomic E-state index is 7.82. The zero-order valence-corrected chi connectivity index (χ0v) is 8.02. The molecule has 0 aromatic heterocycles. The van der Waals surface area contributed by atoms with E-state index in [9.17, 15) is 0 Å². The van der Waals surface area contributed by atoms with Gasteiger partial charge in [-0.15, -0.1) is 0 Å². The van der Waals surface area contributed by atoms with Gasteiger partial charge in [0.15, 0.2) is 0 Å². The largest absolute Gasteiger partial charge is 0.381 e. The summed E-state index contributed by atoms with van der Waals surface area (Å²) in [6, 6.07) is -0.845. The predicted molar refractivity (Wildman–Crippen MR) is 57.1 cm³/mol. The minimum atomic E-state index is -0.343. The molecule has 2 heteroatoms. The van der Waals surface area contributed by atoms with Crippen molar-refractivity contribution in [2.75, 3.05) is 13.2 Å². The van der Waals surface area contributed by atoms with E-state index in [1.54, 1.807) is 0 Å². The lowest BCUT2D eigenvalue weighted by Gasteiger charge is -2.23. The van der Waals surface area contributed by atoms with Gasteiger partial charge in [-0.2, -0.15) is 0 Å². The summed E-state index contributed by atoms with van der Waals surface area (Å²) in [6.07, 6.45) is 1.78. The van der Waals surface area contributed by atoms with E-state index in [-0.39, 0.29) is 36.3 Å². The second-order valence-corrected chi connectivity index (χ2v) is 3.37. The van der Waals surface area contributed by atoms with Gasteiger partial charge in [0, 0.05) is 25.8 Å². The first kappa shape index (κ1) is 5.29. The van der Waals surface area contributed by atoms with Crippen LogP contribution in [0.3, 0.4) is 0 Å². The molecule has 0 bridgehead atoms. The first-order valence-electron chi connectivity index (χ1n) is 7.39. The summed E-state index contributed by atoms with van der Waals surface area (Å²) in [4.78, 5) is 0. The highest BCUT2D eigenvalue weighted by atomic mass is 16.5. The fourth-order valence-corrected chi connectivity index (χ4v) is 1.51. The van der Waals surface area contributed by atoms with E-state index in [2.05, 4.69) is 5.32 Å². The number of hydrogen-bond donors (Lipinski definition) is 1. The van der Waals surface area contributed by atoms with Crippen molar-refractivity contribution in [1.82, 2.24) is 5.32 Å². The summed E-state index contributed by atoms with van der Waals surface area (Å²) in [5.41, 5.74) is 0.331. The van der Waals surface area contributed by atoms with Gasteiger partial charge in [0.05, 0.1) is 6.85 Å². The fraction of sp³-hybridized carbons (Fsp3) is 0.500. The normalized spacial score (nSPS) is 23.3. The number of rotatable bonds is 3. The van der Waals surface area contributed by atoms with E-state index < -0.39 is 0 Å². The van der Waals surface area contributed by atoms with E-state index in [4.69, 9.17) is 11.6 Å². The van der Waals surface area contributed by atoms with Crippen LogP contribution in [0, 0.1) is 0 Å². The molecule has 0 aliphatic carbocycles. The van der Waals surface area contributed by atoms with Gasteiger partial charge in [-0.3, -0.25) is 0 Å². The molecule has 1 fully saturated rings. The maximum atomic E-state index is 7.82. The highest BCUT2D eigenvalue weighted by Gasteiger charge is 2.12. The third kappa shape index (κ3) is 2.82. The van der Waals surface area contributed by atoms with Crippen molar-refractivity contribution < 1.29 is 11.6 Å². The van der Waals surface area contributed by atoms with Crippen molar-refractivity contribution in [2.24, 2.45) is 0 Å². The molecule has 0 amide bonds. The maximum Gasteiger partial charge on any atom is 0.0626 e. The van der Waals surface area contributed by atoms with Gasteiger partial charge < -0.3 is 10.1 Å². The Morgan fingerprint density at radius 1 is 1.29 bits per heavy atom. The van der Waals surface area contributed by atoms with Gasteiger partial charge in [-0.1, -0.05) is 30.2 Å². The molecule has 0 unspecified atom stereocenters. The predicted octanol–water partition coefficient (Wildman–Crippen LogP) is 1.96. The van der Waals surface area contributed by atoms with Gasteiger partial charge in [0.25, 0.3) is 0 Å². The van der Waals surface area contributed by atoms with Crippen molar-refractivity contribution in [3.8, 4) is 0 Å². The Kier molecular flexibility index (Phi) is 1.94. The molecular formula is C12H17NO. The molecule has 0 spiro atoms. The lowest BCUT2D eigenvalue weighted by molar-refractivity contribution is 0.0776. The number of nitrogens with one attached hydrogen (secondary N) is 1. The van der Waals surface area contributed by atoms with Gasteiger partial charge in [-0.05, 0) is 18.4 Å². The summed E-state index contributed by atoms with van der Waals surface area (Å²) < 4.78 is 43.6. The molecule has 2 rings (SSSR count). The molecule has 1 aliphatic rings. The van der Waals surface area contributed by atoms with Gasteiger partial charge in [0.1, 0.15) is 0 Å². The average molecular weight is 196 g/mol. The third-order valence-electron chi connectivity index (χ3n) is 2.34. The first-order chi connectivity index (χ1) is 9.02. The van der Waals surface area contributed by atoms with Gasteiger partial charge >= 0.3 is 0 Å². The Morgan fingerprint density at radius 2 is 2.00 bits per heavy atom. The van der Waals surface area contributed by atoms with Crippen molar-refractivity contribution in [1.29, 1.82) is 0 Å². The second-order valence-electron chi connectivity index (χ2n) is 3.37. The SMILES string of the molecule is [2H]c1c([2H])c([2H])c(CNC2CCOCC2)c([2H])c1[2H]. The summed E-state index contributed by atoms with van der Waals surface area (Å²) >= 11 is 0. The Balaban J connectivity index is 2.15. The Bertz CT molecular complexity index is 445. The van der Waals surface area contributed by atoms with Gasteiger partial charge in [-0.25, -0.2) is 0 Å². The van der Waals surface area contributed by atoms with Crippen molar-refractivity contribution in [3.63, 3.8) is 0 Å². The van der Waals surface area contributed by atoms with Crippen LogP contribution in [0.1, 0.15) is 25.3 Å². The molecule has 0 radical (unpaired) electrons. The first-order valence-corrected chi connectivity index (χ1v) is 4.89. The number of benzene rings is 1. The van der Waals surface area contributed by atoms with Gasteiger partial charge in [0.2, 0.25) is 0 Å². The standard InChI is InChI=1S/C12H17NO/c1-2-4-11(5-3-1)10-13-12-6-8-14-9-7-12/h1-5,12-13H,6-10H2/i1D,2D,3D,4D,5D. The van der Waals surface area contributed by atoms with E-state index in [0.717, 1.165) is 12.8 Å². The van der Waals surface area contributed by atoms with Crippen LogP contribution < -0.4 is 5.32 Å². The van der Waals surface area contributed by atoms with Crippen LogP contribution in [0.25, 0.3) is 0 Å². The molecule has 1 heterocycles. The summed E-state index contributed by atoms with van der Waals surface area (Å²) in [6.45, 7) is 1.71. The topological polar surface area (TPSA) is 21.3 Å². The lowest BCUT2D eigenvalue weighted by Crippen LogP contribution is -2.34. The minimum absolute atomic E-state index is 0.120. The Hall–Kier alpha value is -0.860. The molecule has 1 aromatic carbocycles. The smallest absolute Gasteiger partial charge is 0.0626 e. The molecule has 0 atom stereocenters. The molecule has 1 aliphatic heterocycles. The number of ether oxygens (including phenoxy) is 1. The van der Waals surface area contributed by atoms with Crippen LogP contribution >= 0.6 is 0 Å². The number of hydrogen-bond acceptors (Lipinski definition) is 2. The molecule has 1 saturated heterocycles. The highest BCUT2D eigenvalue weighted by Crippen LogP contribution is 2.07. The Labute approximate surface area is 92.3 Å². The molecule has 0 saturated carbocycles. The zero-order valence-electron chi connectivity index (χ0n) is 13.0. The molecule has 1 aromatic rings. The van der Waals surface area contributed by atoms with Crippen LogP contribution in [0.15, 0.2) is 30.2 Å². The zero-order chi connectivity index (χ0) is 14.0. The Morgan fingerprint density at radius 3 is 2.71 bits per heavy atom. The highest BCUT2D eigenvalue weighted by molar-refractivity contribution is 5.14. The van der Waals surface area contributed by atoms with Crippen LogP contribution in [0.4, 0.5) is 0 Å². The van der Waals surface area contributed by atoms with E-state index in [1.807, 2.05) is 0 Å². The monoisotopic (exact) mass is 196 g/mol. The third-order valence-corrected chi connectivity index (χ3v) is 2.34. The van der Waals surface area contributed by atoms with Crippen LogP contribution in [0.2, 0.25) is 0 Å². The lowest BCUT2D eigenvalue weighted by atomic mass is 10.1. The second kappa shape index (κ2) is 5.13. The minimum Gasteiger partial charge on any atom is -0.381 e. The van der Waals surface area contributed by atoms with E-state index in [1.165, 1.54) is 0 Å². The van der Waals surface area contributed by atoms with Crippen LogP contribution in [0.5, 0.6) is 0 Å². The van der Waals surface area contributed by atoms with Crippen molar-refractivity contribution >= 4 is 0 Å². The molecule has 2 nitrogen and oxygen atoms in total. The van der Waals surface area contributed by atoms with E-state index in [0.29, 0.717) is 25.3 Å². The van der Waals surface area contributed by atoms with Crippen molar-refractivity contribution in [2.45, 2.75) is 25.4 Å². The average Bonchev–Trinajstić information content (AvgIpc) is 2.44. The van der Waals surface area contributed by atoms with E-state index >= 15 is 0 Å². The molecule has 1 N–H and O–H groups in total. The van der Waals surface area contributed by atoms with Crippen LogP contribution in [-0.2, 0) is 11.3 Å². The molecular weight excluding hydrogens is 174 g/mol. The summed E-state index contributed by atoms with van der Waals surface area (Å²) in [7, 11) is 0. The fourth-order valence-electron chi connectivity index (χ4n) is 1.51. The van der Waals surface area contributed by atoms with Crippen LogP contribution in [-0.4, -0.2) is 19.3 Å². The molecule has 76 valence electrons. The van der Waals surface area contributed by atoms with Crippen molar-refractivity contribution in [3.05, 3.63) is 35.8 Å². The summed E-state index contributed by atoms with van der Waals surface area (Å²) in [5.74, 6) is 0. The summed E-state index contributed by atoms with van der Waals surface area (Å²) in [5, 5.41) is 3.25. The quantitative estimate of drug-likeness (QED) is 0.798. The molecule has 14 heavy (non-hydrogen) atoms.